The quantitative estimate of drug-likeness (QED) is 0.00318. The van der Waals surface area contributed by atoms with Crippen LogP contribution in [0.4, 0.5) is 28.8 Å². The Labute approximate surface area is 775 Å². The summed E-state index contributed by atoms with van der Waals surface area (Å²) in [5, 5.41) is 50.5. The van der Waals surface area contributed by atoms with Crippen LogP contribution in [0.5, 0.6) is 0 Å². The van der Waals surface area contributed by atoms with Gasteiger partial charge in [0.25, 0.3) is 10.1 Å². The van der Waals surface area contributed by atoms with Crippen molar-refractivity contribution in [3.05, 3.63) is 106 Å². The van der Waals surface area contributed by atoms with Crippen LogP contribution in [0.25, 0.3) is 10.4 Å². The van der Waals surface area contributed by atoms with Crippen molar-refractivity contribution in [1.82, 2.24) is 31.9 Å². The third-order valence-electron chi connectivity index (χ3n) is 18.0. The number of esters is 2. The molecule has 0 aliphatic heterocycles. The predicted molar refractivity (Wildman–Crippen MR) is 467 cm³/mol. The molecule has 8 fully saturated rings. The van der Waals surface area contributed by atoms with Gasteiger partial charge in [0.2, 0.25) is 0 Å². The van der Waals surface area contributed by atoms with Crippen molar-refractivity contribution < 1.29 is 157 Å². The topological polar surface area (TPSA) is 554 Å². The third-order valence-corrected chi connectivity index (χ3v) is 20.1. The van der Waals surface area contributed by atoms with Gasteiger partial charge in [0.05, 0.1) is 56.6 Å². The van der Waals surface area contributed by atoms with E-state index in [0.717, 1.165) is 139 Å². The van der Waals surface area contributed by atoms with Crippen LogP contribution in [-0.4, -0.2) is 198 Å². The molecule has 716 valence electrons. The van der Waals surface area contributed by atoms with Gasteiger partial charge in [-0.1, -0.05) is 92.1 Å². The van der Waals surface area contributed by atoms with Crippen LogP contribution < -0.4 is 77.4 Å². The molecule has 10 rings (SSSR count). The SMILES string of the molecule is CC(C)(C)OC(=O)NC1(CCCNC(=O)OCc2ccccc2)CC1.CC(C)(C)OC(=O)NC1(CCN=[N+]=[N-])CC1.CC(C)(C)OC(=O)NC1(CCOS(C)(=O)=O)CC1.CC(C)(C)OC([O-])=NC1(CNC(=O)OCc2ccccc2)CC1.CO/C([O-])=C\P(=O)(OC)OC.COC(=O)C=C1CC1.COC(=O)CC1(NC(=O)OC(C)(C)C)CC1.N#CC1(N)CC1.O=C1CC1.[Na+]. The first-order chi connectivity index (χ1) is 58.8. The van der Waals surface area contributed by atoms with Crippen LogP contribution in [0, 0.1) is 11.3 Å². The summed E-state index contributed by atoms with van der Waals surface area (Å²) in [5.41, 5.74) is 11.8. The number of amides is 6. The minimum Gasteiger partial charge on any atom is -0.616 e. The van der Waals surface area contributed by atoms with E-state index in [1.54, 1.807) is 68.4 Å². The second-order valence-electron chi connectivity index (χ2n) is 36.4. The zero-order valence-electron chi connectivity index (χ0n) is 78.7. The number of nitriles is 1. The average Bonchev–Trinajstić information content (AvgIpc) is 1.66. The number of nitrogens with zero attached hydrogens (tertiary/aromatic N) is 5. The summed E-state index contributed by atoms with van der Waals surface area (Å²) in [4.78, 5) is 108. The van der Waals surface area contributed by atoms with E-state index < -0.39 is 105 Å². The fraction of sp³-hybridized carbons (Fsp3) is 0.686. The van der Waals surface area contributed by atoms with Gasteiger partial charge in [-0.3, -0.25) is 23.3 Å². The standard InChI is InChI=1S/C19H28N2O4.C17H24N2O4.C11H21NO5S.C11H19NO4.C10H18N4O2.C6H8O2.C5H11O5P.C4H6N2.C3H4O.Na/c1-18(2,3)25-17(23)21-19(11-12-19)10-7-13-20-16(22)24-14-15-8-5-4-6-9-15;1-16(2,3)23-15(21)19-17(9-10-17)12-18-14(20)22-11-13-7-5-4-6-8-13;1-10(2,3)17-9(13)12-11(5-6-11)7-8-16-18(4,14)15;1-10(2,3)16-9(14)12-11(5-6-11)7-8(13)15-4;1-9(2,3)16-8(15)13-10(4-5-10)6-7-12-14-11;1-8-6(7)4-5-2-3-5;1-8-5(6)4-11(7,9-2)10-3;5-3-4(6)1-2-4;4-3-1-2-3;/h4-6,8-9H,7,10-14H2,1-3H3,(H,20,22)(H,21,23);4-8H,9-12H2,1-3H3,(H,18,20)(H,19,21);5-8H2,1-4H3,(H,12,13);5-7H2,1-4H3,(H,12,14);4-7H2,1-3H3,(H,13,15);4H,2-3H2,1H3;4,6H,1-3H3;1-2,6H2;1-2H2;/q;;;;;;;;;+1/p-2/b;;;;;;5-4-;;;. The summed E-state index contributed by atoms with van der Waals surface area (Å²) >= 11 is 0. The number of azide groups is 1. The van der Waals surface area contributed by atoms with E-state index in [9.17, 15) is 66.3 Å². The first-order valence-corrected chi connectivity index (χ1v) is 45.2. The van der Waals surface area contributed by atoms with Crippen molar-refractivity contribution >= 4 is 78.1 Å². The Hall–Kier alpha value is -9.16. The molecule has 42 heteroatoms. The van der Waals surface area contributed by atoms with E-state index in [-0.39, 0.29) is 97.0 Å². The molecule has 0 aromatic heterocycles. The van der Waals surface area contributed by atoms with Gasteiger partial charge < -0.3 is 104 Å². The summed E-state index contributed by atoms with van der Waals surface area (Å²) in [7, 11) is -0.500. The number of ether oxygens (including phenoxy) is 10. The monoisotopic (exact) mass is 1860 g/mol. The van der Waals surface area contributed by atoms with Crippen LogP contribution in [0.15, 0.2) is 94.2 Å². The Morgan fingerprint density at radius 3 is 1.27 bits per heavy atom. The van der Waals surface area contributed by atoms with E-state index in [1.807, 2.05) is 108 Å². The van der Waals surface area contributed by atoms with Gasteiger partial charge in [0.15, 0.2) is 0 Å². The van der Waals surface area contributed by atoms with E-state index in [1.165, 1.54) is 41.1 Å². The molecule has 8 N–H and O–H groups in total. The van der Waals surface area contributed by atoms with Crippen molar-refractivity contribution in [3.8, 4) is 6.07 Å². The second kappa shape index (κ2) is 53.9. The van der Waals surface area contributed by atoms with Crippen LogP contribution in [0.1, 0.15) is 250 Å². The molecule has 0 radical (unpaired) electrons. The Morgan fingerprint density at radius 2 is 0.953 bits per heavy atom. The molecule has 2 aromatic carbocycles. The van der Waals surface area contributed by atoms with Crippen molar-refractivity contribution in [2.45, 2.75) is 313 Å². The molecule has 128 heavy (non-hydrogen) atoms. The minimum atomic E-state index is -3.42. The predicted octanol–water partition coefficient (Wildman–Crippen LogP) is 10.0. The molecule has 0 unspecified atom stereocenters. The number of ketones is 1. The maximum absolute atomic E-state index is 11.9. The van der Waals surface area contributed by atoms with Crippen LogP contribution >= 0.6 is 7.60 Å². The number of benzene rings is 2. The number of nitrogens with two attached hydrogens (primary N) is 1. The molecule has 6 amide bonds. The van der Waals surface area contributed by atoms with Crippen LogP contribution in [0.3, 0.4) is 0 Å². The number of carbonyl (C=O) groups is 9. The molecule has 0 saturated heterocycles. The fourth-order valence-electron chi connectivity index (χ4n) is 9.84. The summed E-state index contributed by atoms with van der Waals surface area (Å²) < 4.78 is 95.7. The van der Waals surface area contributed by atoms with Gasteiger partial charge in [-0.15, -0.1) is 0 Å². The first-order valence-electron chi connectivity index (χ1n) is 41.7. The van der Waals surface area contributed by atoms with Crippen molar-refractivity contribution in [2.75, 3.05) is 68.0 Å². The Balaban J connectivity index is 0.000000745. The number of hydrogen-bond acceptors (Lipinski definition) is 31. The number of carbonyl (C=O) groups excluding carboxylic acids is 9. The van der Waals surface area contributed by atoms with Gasteiger partial charge in [0, 0.05) is 85.7 Å². The number of alkyl carbamates (subject to hydrolysis) is 6. The average molecular weight is 1860 g/mol. The van der Waals surface area contributed by atoms with Crippen LogP contribution in [0.2, 0.25) is 0 Å². The zero-order valence-corrected chi connectivity index (χ0v) is 82.4. The van der Waals surface area contributed by atoms with E-state index in [4.69, 9.17) is 49.7 Å². The molecule has 0 atom stereocenters. The number of rotatable bonds is 29. The fourth-order valence-corrected chi connectivity index (χ4v) is 11.0. The number of methoxy groups -OCH3 is 3. The zero-order chi connectivity index (χ0) is 96.4. The molecular formula is C86H137N12NaO27PS-. The smallest absolute Gasteiger partial charge is 0.616 e. The van der Waals surface area contributed by atoms with Gasteiger partial charge in [-0.2, -0.15) is 13.7 Å². The maximum Gasteiger partial charge on any atom is 1.00 e. The summed E-state index contributed by atoms with van der Waals surface area (Å²) in [6.45, 7) is 28.9. The molecule has 0 heterocycles. The molecule has 8 aliphatic rings. The molecule has 39 nitrogen and oxygen atoms in total. The van der Waals surface area contributed by atoms with Gasteiger partial charge in [-0.05, 0) is 222 Å². The number of aliphatic imine (C=N–C) groups is 1. The minimum absolute atomic E-state index is 0. The van der Waals surface area contributed by atoms with Gasteiger partial charge in [0.1, 0.15) is 53.0 Å². The summed E-state index contributed by atoms with van der Waals surface area (Å²) in [6.07, 6.45) is 16.4. The Morgan fingerprint density at radius 1 is 0.562 bits per heavy atom. The number of allylic oxidation sites excluding steroid dienone is 1. The molecule has 0 bridgehead atoms. The molecule has 2 aromatic rings. The molecule has 0 spiro atoms. The van der Waals surface area contributed by atoms with E-state index >= 15 is 0 Å². The first kappa shape index (κ1) is 117. The normalized spacial score (nSPS) is 16.8. The Kier molecular flexibility index (Phi) is 49.2. The van der Waals surface area contributed by atoms with Gasteiger partial charge in [-0.25, -0.2) is 33.6 Å². The molecular weight excluding hydrogens is 1720 g/mol. The van der Waals surface area contributed by atoms with Crippen molar-refractivity contribution in [2.24, 2.45) is 15.8 Å². The van der Waals surface area contributed by atoms with E-state index in [2.05, 4.69) is 74.4 Å². The largest absolute Gasteiger partial charge is 1.00 e. The number of nitrogens with one attached hydrogen (secondary N) is 6. The maximum atomic E-state index is 11.9. The Bertz CT molecular complexity index is 4200. The summed E-state index contributed by atoms with van der Waals surface area (Å²) in [6, 6.07) is 21.0. The van der Waals surface area contributed by atoms with Crippen molar-refractivity contribution in [1.29, 1.82) is 5.26 Å². The number of Topliss-reactive ketones (excluding diaryl/α,β-unsaturated/α-hetero) is 1. The van der Waals surface area contributed by atoms with Crippen molar-refractivity contribution in [3.63, 3.8) is 0 Å². The summed E-state index contributed by atoms with van der Waals surface area (Å²) in [5.74, 6) is -0.0874. The molecule has 8 saturated carbocycles. The van der Waals surface area contributed by atoms with E-state index in [0.29, 0.717) is 31.7 Å². The third kappa shape index (κ3) is 61.4. The number of hydrogen-bond donors (Lipinski definition) is 7. The van der Waals surface area contributed by atoms with Gasteiger partial charge >= 0.3 is 85.7 Å². The van der Waals surface area contributed by atoms with Crippen LogP contribution in [-0.2, 0) is 103 Å². The molecule has 8 aliphatic carbocycles. The second-order valence-corrected chi connectivity index (χ2v) is 40.1.